The van der Waals surface area contributed by atoms with Gasteiger partial charge in [0.1, 0.15) is 0 Å². The summed E-state index contributed by atoms with van der Waals surface area (Å²) in [6, 6.07) is 0.586. The van der Waals surface area contributed by atoms with Crippen molar-refractivity contribution in [2.45, 2.75) is 39.2 Å². The predicted molar refractivity (Wildman–Crippen MR) is 88.9 cm³/mol. The van der Waals surface area contributed by atoms with Crippen LogP contribution in [0.4, 0.5) is 0 Å². The van der Waals surface area contributed by atoms with Crippen LogP contribution in [0.1, 0.15) is 33.1 Å². The molecule has 22 heavy (non-hydrogen) atoms. The predicted octanol–water partition coefficient (Wildman–Crippen LogP) is 1.29. The van der Waals surface area contributed by atoms with Gasteiger partial charge in [-0.25, -0.2) is 0 Å². The quantitative estimate of drug-likeness (QED) is 0.740. The van der Waals surface area contributed by atoms with E-state index in [2.05, 4.69) is 28.5 Å². The van der Waals surface area contributed by atoms with Crippen LogP contribution in [0, 0.1) is 5.92 Å². The van der Waals surface area contributed by atoms with E-state index in [4.69, 9.17) is 4.74 Å². The van der Waals surface area contributed by atoms with Crippen molar-refractivity contribution in [2.75, 3.05) is 59.5 Å². The molecule has 2 aliphatic rings. The van der Waals surface area contributed by atoms with E-state index in [-0.39, 0.29) is 0 Å². The van der Waals surface area contributed by atoms with Crippen molar-refractivity contribution in [1.29, 1.82) is 0 Å². The monoisotopic (exact) mass is 311 g/mol. The molecule has 0 aromatic carbocycles. The molecule has 0 aliphatic carbocycles. The minimum absolute atomic E-state index is 0.318. The molecule has 0 spiro atoms. The molecule has 2 heterocycles. The lowest BCUT2D eigenvalue weighted by atomic mass is 9.94. The molecule has 2 saturated heterocycles. The summed E-state index contributed by atoms with van der Waals surface area (Å²) in [7, 11) is 1.77. The maximum absolute atomic E-state index is 12.4. The van der Waals surface area contributed by atoms with Crippen LogP contribution in [0.15, 0.2) is 0 Å². The average molecular weight is 311 g/mol. The molecule has 0 aromatic rings. The van der Waals surface area contributed by atoms with Gasteiger partial charge in [-0.2, -0.15) is 0 Å². The molecule has 2 rings (SSSR count). The minimum atomic E-state index is 0.318. The Morgan fingerprint density at radius 1 is 1.09 bits per heavy atom. The van der Waals surface area contributed by atoms with E-state index >= 15 is 0 Å². The van der Waals surface area contributed by atoms with Crippen molar-refractivity contribution in [3.05, 3.63) is 0 Å². The summed E-state index contributed by atoms with van der Waals surface area (Å²) in [5, 5.41) is 0. The summed E-state index contributed by atoms with van der Waals surface area (Å²) < 4.78 is 5.16. The lowest BCUT2D eigenvalue weighted by molar-refractivity contribution is -0.134. The lowest BCUT2D eigenvalue weighted by Gasteiger charge is -2.38. The Balaban J connectivity index is 1.66. The second-order valence-electron chi connectivity index (χ2n) is 7.01. The summed E-state index contributed by atoms with van der Waals surface area (Å²) in [6.45, 7) is 11.9. The van der Waals surface area contributed by atoms with Crippen LogP contribution in [0.2, 0.25) is 0 Å². The van der Waals surface area contributed by atoms with E-state index < -0.39 is 0 Å². The Hall–Kier alpha value is -0.650. The molecule has 128 valence electrons. The molecule has 0 saturated carbocycles. The molecule has 1 amide bonds. The van der Waals surface area contributed by atoms with E-state index in [1.807, 2.05) is 0 Å². The van der Waals surface area contributed by atoms with Gasteiger partial charge < -0.3 is 9.64 Å². The van der Waals surface area contributed by atoms with Crippen molar-refractivity contribution in [3.63, 3.8) is 0 Å². The van der Waals surface area contributed by atoms with E-state index in [1.54, 1.807) is 7.11 Å². The zero-order valence-corrected chi connectivity index (χ0v) is 14.6. The first-order chi connectivity index (χ1) is 10.6. The number of ether oxygens (including phenoxy) is 1. The number of nitrogens with zero attached hydrogens (tertiary/aromatic N) is 3. The second-order valence-corrected chi connectivity index (χ2v) is 7.01. The van der Waals surface area contributed by atoms with Gasteiger partial charge in [0.05, 0.1) is 6.54 Å². The van der Waals surface area contributed by atoms with Gasteiger partial charge in [-0.05, 0) is 52.1 Å². The van der Waals surface area contributed by atoms with Gasteiger partial charge in [-0.15, -0.1) is 0 Å². The number of methoxy groups -OCH3 is 1. The molecule has 0 N–H and O–H groups in total. The zero-order chi connectivity index (χ0) is 15.9. The molecule has 2 aliphatic heterocycles. The van der Waals surface area contributed by atoms with Crippen molar-refractivity contribution < 1.29 is 9.53 Å². The van der Waals surface area contributed by atoms with E-state index in [0.29, 0.717) is 18.5 Å². The average Bonchev–Trinajstić information content (AvgIpc) is 2.54. The largest absolute Gasteiger partial charge is 0.385 e. The SMILES string of the molecule is COCCC1CCN(CC(=O)N2CCN(C(C)C)CC2)CC1. The minimum Gasteiger partial charge on any atom is -0.385 e. The number of piperidine rings is 1. The van der Waals surface area contributed by atoms with Crippen molar-refractivity contribution in [1.82, 2.24) is 14.7 Å². The highest BCUT2D eigenvalue weighted by Gasteiger charge is 2.25. The molecule has 0 atom stereocenters. The van der Waals surface area contributed by atoms with Crippen molar-refractivity contribution in [3.8, 4) is 0 Å². The molecule has 5 heteroatoms. The highest BCUT2D eigenvalue weighted by atomic mass is 16.5. The van der Waals surface area contributed by atoms with E-state index in [0.717, 1.165) is 58.2 Å². The number of carbonyl (C=O) groups excluding carboxylic acids is 1. The van der Waals surface area contributed by atoms with Crippen LogP contribution in [-0.2, 0) is 9.53 Å². The first-order valence-electron chi connectivity index (χ1n) is 8.83. The van der Waals surface area contributed by atoms with E-state index in [1.165, 1.54) is 12.8 Å². The first-order valence-corrected chi connectivity index (χ1v) is 8.83. The van der Waals surface area contributed by atoms with Crippen LogP contribution in [0.3, 0.4) is 0 Å². The lowest BCUT2D eigenvalue weighted by Crippen LogP contribution is -2.53. The number of likely N-dealkylation sites (tertiary alicyclic amines) is 1. The fourth-order valence-electron chi connectivity index (χ4n) is 3.50. The highest BCUT2D eigenvalue weighted by molar-refractivity contribution is 5.78. The summed E-state index contributed by atoms with van der Waals surface area (Å²) in [5.41, 5.74) is 0. The Bertz CT molecular complexity index is 333. The van der Waals surface area contributed by atoms with Crippen LogP contribution in [-0.4, -0.2) is 86.2 Å². The van der Waals surface area contributed by atoms with Gasteiger partial charge in [0.2, 0.25) is 5.91 Å². The zero-order valence-electron chi connectivity index (χ0n) is 14.6. The summed E-state index contributed by atoms with van der Waals surface area (Å²) >= 11 is 0. The molecule has 0 radical (unpaired) electrons. The number of hydrogen-bond acceptors (Lipinski definition) is 4. The maximum atomic E-state index is 12.4. The highest BCUT2D eigenvalue weighted by Crippen LogP contribution is 2.20. The summed E-state index contributed by atoms with van der Waals surface area (Å²) in [6.07, 6.45) is 3.57. The fourth-order valence-corrected chi connectivity index (χ4v) is 3.50. The molecular formula is C17H33N3O2. The summed E-state index contributed by atoms with van der Waals surface area (Å²) in [5.74, 6) is 1.10. The van der Waals surface area contributed by atoms with Gasteiger partial charge in [-0.3, -0.25) is 14.6 Å². The second kappa shape index (κ2) is 8.85. The van der Waals surface area contributed by atoms with Gasteiger partial charge in [-0.1, -0.05) is 0 Å². The van der Waals surface area contributed by atoms with Gasteiger partial charge in [0, 0.05) is 45.9 Å². The normalized spacial score (nSPS) is 22.5. The Morgan fingerprint density at radius 3 is 2.27 bits per heavy atom. The third kappa shape index (κ3) is 5.21. The van der Waals surface area contributed by atoms with Crippen LogP contribution in [0.5, 0.6) is 0 Å². The Labute approximate surface area is 135 Å². The number of hydrogen-bond donors (Lipinski definition) is 0. The summed E-state index contributed by atoms with van der Waals surface area (Å²) in [4.78, 5) is 19.3. The smallest absolute Gasteiger partial charge is 0.236 e. The fraction of sp³-hybridized carbons (Fsp3) is 0.941. The van der Waals surface area contributed by atoms with Crippen LogP contribution < -0.4 is 0 Å². The number of carbonyl (C=O) groups is 1. The Kier molecular flexibility index (Phi) is 7.12. The molecule has 0 unspecified atom stereocenters. The van der Waals surface area contributed by atoms with E-state index in [9.17, 15) is 4.79 Å². The standard InChI is InChI=1S/C17H33N3O2/c1-15(2)19-9-11-20(12-10-19)17(21)14-18-7-4-16(5-8-18)6-13-22-3/h15-16H,4-14H2,1-3H3. The third-order valence-electron chi connectivity index (χ3n) is 5.19. The van der Waals surface area contributed by atoms with Crippen LogP contribution in [0.25, 0.3) is 0 Å². The molecule has 2 fully saturated rings. The van der Waals surface area contributed by atoms with Crippen molar-refractivity contribution in [2.24, 2.45) is 5.92 Å². The molecule has 5 nitrogen and oxygen atoms in total. The molecule has 0 bridgehead atoms. The van der Waals surface area contributed by atoms with Crippen molar-refractivity contribution >= 4 is 5.91 Å². The number of piperazine rings is 1. The number of amides is 1. The van der Waals surface area contributed by atoms with Gasteiger partial charge in [0.25, 0.3) is 0 Å². The van der Waals surface area contributed by atoms with Gasteiger partial charge in [0.15, 0.2) is 0 Å². The van der Waals surface area contributed by atoms with Gasteiger partial charge >= 0.3 is 0 Å². The number of rotatable bonds is 6. The third-order valence-corrected chi connectivity index (χ3v) is 5.19. The van der Waals surface area contributed by atoms with Crippen LogP contribution >= 0.6 is 0 Å². The molecular weight excluding hydrogens is 278 g/mol. The topological polar surface area (TPSA) is 36.0 Å². The first kappa shape index (κ1) is 17.7. The Morgan fingerprint density at radius 2 is 1.73 bits per heavy atom. The molecule has 0 aromatic heterocycles. The maximum Gasteiger partial charge on any atom is 0.236 e.